The summed E-state index contributed by atoms with van der Waals surface area (Å²) in [5.41, 5.74) is 2.38. The first-order valence-corrected chi connectivity index (χ1v) is 12.1. The molecule has 5 nitrogen and oxygen atoms in total. The lowest BCUT2D eigenvalue weighted by Gasteiger charge is -2.31. The van der Waals surface area contributed by atoms with Crippen LogP contribution >= 0.6 is 0 Å². The predicted molar refractivity (Wildman–Crippen MR) is 118 cm³/mol. The van der Waals surface area contributed by atoms with Gasteiger partial charge in [0.05, 0.1) is 5.75 Å². The summed E-state index contributed by atoms with van der Waals surface area (Å²) in [5.74, 6) is 0.632. The van der Waals surface area contributed by atoms with Crippen molar-refractivity contribution in [1.82, 2.24) is 9.62 Å². The van der Waals surface area contributed by atoms with E-state index in [9.17, 15) is 8.42 Å². The highest BCUT2D eigenvalue weighted by Crippen LogP contribution is 2.24. The third-order valence-corrected chi connectivity index (χ3v) is 6.71. The van der Waals surface area contributed by atoms with E-state index < -0.39 is 10.0 Å². The van der Waals surface area contributed by atoms with Gasteiger partial charge in [0, 0.05) is 12.6 Å². The molecule has 0 saturated carbocycles. The van der Waals surface area contributed by atoms with Crippen molar-refractivity contribution in [3.63, 3.8) is 0 Å². The molecule has 0 bridgehead atoms. The van der Waals surface area contributed by atoms with Crippen LogP contribution in [-0.2, 0) is 10.0 Å². The van der Waals surface area contributed by atoms with Gasteiger partial charge in [-0.2, -0.15) is 0 Å². The topological polar surface area (TPSA) is 58.6 Å². The Morgan fingerprint density at radius 2 is 1.62 bits per heavy atom. The fourth-order valence-electron chi connectivity index (χ4n) is 3.72. The molecule has 6 heteroatoms. The van der Waals surface area contributed by atoms with E-state index in [-0.39, 0.29) is 18.4 Å². The number of likely N-dealkylation sites (tertiary alicyclic amines) is 1. The summed E-state index contributed by atoms with van der Waals surface area (Å²) in [6.07, 6.45) is 4.83. The first-order chi connectivity index (χ1) is 14.0. The maximum Gasteiger partial charge on any atom is 0.215 e. The predicted octanol–water partition coefficient (Wildman–Crippen LogP) is 3.91. The van der Waals surface area contributed by atoms with Gasteiger partial charge >= 0.3 is 0 Å². The molecule has 1 fully saturated rings. The Morgan fingerprint density at radius 1 is 0.966 bits per heavy atom. The first kappa shape index (κ1) is 21.8. The molecule has 0 aliphatic carbocycles. The molecule has 1 atom stereocenters. The van der Waals surface area contributed by atoms with E-state index in [4.69, 9.17) is 4.74 Å². The number of benzene rings is 2. The standard InChI is InChI=1S/C23H32N2O3S/c1-20-11-13-21(14-12-20)23(25-15-7-2-3-8-16-25)19-24-29(26,27)18-17-28-22-9-5-4-6-10-22/h4-6,9-14,23-24H,2-3,7-8,15-19H2,1H3. The van der Waals surface area contributed by atoms with Crippen LogP contribution < -0.4 is 9.46 Å². The number of ether oxygens (including phenoxy) is 1. The Kier molecular flexibility index (Phi) is 8.09. The van der Waals surface area contributed by atoms with Crippen molar-refractivity contribution in [2.24, 2.45) is 0 Å². The van der Waals surface area contributed by atoms with Crippen LogP contribution in [0, 0.1) is 6.92 Å². The highest BCUT2D eigenvalue weighted by atomic mass is 32.2. The number of rotatable bonds is 9. The molecule has 1 saturated heterocycles. The van der Waals surface area contributed by atoms with E-state index in [1.165, 1.54) is 36.8 Å². The molecule has 0 radical (unpaired) electrons. The van der Waals surface area contributed by atoms with Gasteiger partial charge in [0.2, 0.25) is 10.0 Å². The third kappa shape index (κ3) is 7.14. The second-order valence-electron chi connectivity index (χ2n) is 7.71. The van der Waals surface area contributed by atoms with Gasteiger partial charge in [-0.15, -0.1) is 0 Å². The van der Waals surface area contributed by atoms with Gasteiger partial charge in [-0.05, 0) is 50.6 Å². The second-order valence-corrected chi connectivity index (χ2v) is 9.63. The Hall–Kier alpha value is -1.89. The maximum absolute atomic E-state index is 12.6. The van der Waals surface area contributed by atoms with E-state index in [1.54, 1.807) is 0 Å². The lowest BCUT2D eigenvalue weighted by atomic mass is 10.0. The number of hydrogen-bond donors (Lipinski definition) is 1. The molecule has 0 amide bonds. The van der Waals surface area contributed by atoms with Crippen molar-refractivity contribution >= 4 is 10.0 Å². The zero-order chi connectivity index (χ0) is 20.5. The number of hydrogen-bond acceptors (Lipinski definition) is 4. The Bertz CT molecular complexity index is 830. The largest absolute Gasteiger partial charge is 0.492 e. The van der Waals surface area contributed by atoms with Gasteiger partial charge in [0.15, 0.2) is 0 Å². The normalized spacial score (nSPS) is 16.9. The number of sulfonamides is 1. The molecule has 1 aliphatic heterocycles. The van der Waals surface area contributed by atoms with Crippen molar-refractivity contribution in [3.8, 4) is 5.75 Å². The average Bonchev–Trinajstić information content (AvgIpc) is 3.00. The molecular formula is C23H32N2O3S. The zero-order valence-electron chi connectivity index (χ0n) is 17.2. The van der Waals surface area contributed by atoms with Crippen LogP contribution in [0.2, 0.25) is 0 Å². The Morgan fingerprint density at radius 3 is 2.28 bits per heavy atom. The summed E-state index contributed by atoms with van der Waals surface area (Å²) in [6.45, 7) is 4.62. The molecule has 0 spiro atoms. The van der Waals surface area contributed by atoms with Gasteiger partial charge < -0.3 is 4.74 Å². The van der Waals surface area contributed by atoms with Crippen LogP contribution in [0.1, 0.15) is 42.9 Å². The zero-order valence-corrected chi connectivity index (χ0v) is 18.0. The number of para-hydroxylation sites is 1. The number of aryl methyl sites for hydroxylation is 1. The van der Waals surface area contributed by atoms with Crippen molar-refractivity contribution in [3.05, 3.63) is 65.7 Å². The van der Waals surface area contributed by atoms with Gasteiger partial charge in [0.1, 0.15) is 12.4 Å². The molecule has 0 aromatic heterocycles. The molecule has 1 unspecified atom stereocenters. The number of nitrogens with zero attached hydrogens (tertiary/aromatic N) is 1. The molecule has 2 aromatic carbocycles. The quantitative estimate of drug-likeness (QED) is 0.673. The summed E-state index contributed by atoms with van der Waals surface area (Å²) in [6, 6.07) is 17.8. The summed E-state index contributed by atoms with van der Waals surface area (Å²) in [7, 11) is -3.41. The van der Waals surface area contributed by atoms with Gasteiger partial charge in [-0.3, -0.25) is 4.90 Å². The van der Waals surface area contributed by atoms with Crippen molar-refractivity contribution in [1.29, 1.82) is 0 Å². The minimum atomic E-state index is -3.41. The van der Waals surface area contributed by atoms with E-state index >= 15 is 0 Å². The summed E-state index contributed by atoms with van der Waals surface area (Å²) in [5, 5.41) is 0. The molecule has 29 heavy (non-hydrogen) atoms. The second kappa shape index (κ2) is 10.8. The fraction of sp³-hybridized carbons (Fsp3) is 0.478. The minimum absolute atomic E-state index is 0.0531. The van der Waals surface area contributed by atoms with Crippen LogP contribution in [0.5, 0.6) is 5.75 Å². The monoisotopic (exact) mass is 416 g/mol. The SMILES string of the molecule is Cc1ccc(C(CNS(=O)(=O)CCOc2ccccc2)N2CCCCCC2)cc1. The average molecular weight is 417 g/mol. The third-order valence-electron chi connectivity index (χ3n) is 5.40. The van der Waals surface area contributed by atoms with E-state index in [1.807, 2.05) is 30.3 Å². The minimum Gasteiger partial charge on any atom is -0.492 e. The van der Waals surface area contributed by atoms with E-state index in [0.29, 0.717) is 12.3 Å². The Labute approximate surface area is 175 Å². The van der Waals surface area contributed by atoms with Crippen LogP contribution in [0.4, 0.5) is 0 Å². The molecule has 158 valence electrons. The highest BCUT2D eigenvalue weighted by Gasteiger charge is 2.23. The van der Waals surface area contributed by atoms with Gasteiger partial charge in [0.25, 0.3) is 0 Å². The lowest BCUT2D eigenvalue weighted by Crippen LogP contribution is -2.40. The van der Waals surface area contributed by atoms with E-state index in [0.717, 1.165) is 13.1 Å². The highest BCUT2D eigenvalue weighted by molar-refractivity contribution is 7.89. The van der Waals surface area contributed by atoms with Gasteiger partial charge in [-0.25, -0.2) is 13.1 Å². The fourth-order valence-corrected chi connectivity index (χ4v) is 4.58. The molecule has 1 heterocycles. The molecule has 1 aliphatic rings. The molecule has 3 rings (SSSR count). The lowest BCUT2D eigenvalue weighted by molar-refractivity contribution is 0.206. The smallest absolute Gasteiger partial charge is 0.215 e. The summed E-state index contributed by atoms with van der Waals surface area (Å²) in [4.78, 5) is 2.43. The molecule has 1 N–H and O–H groups in total. The van der Waals surface area contributed by atoms with Crippen molar-refractivity contribution in [2.45, 2.75) is 38.6 Å². The van der Waals surface area contributed by atoms with Crippen molar-refractivity contribution < 1.29 is 13.2 Å². The van der Waals surface area contributed by atoms with Crippen LogP contribution in [0.25, 0.3) is 0 Å². The first-order valence-electron chi connectivity index (χ1n) is 10.5. The van der Waals surface area contributed by atoms with E-state index in [2.05, 4.69) is 40.8 Å². The summed E-state index contributed by atoms with van der Waals surface area (Å²) < 4.78 is 33.5. The van der Waals surface area contributed by atoms with Crippen LogP contribution in [0.3, 0.4) is 0 Å². The molecular weight excluding hydrogens is 384 g/mol. The van der Waals surface area contributed by atoms with Crippen LogP contribution in [-0.4, -0.2) is 45.3 Å². The number of nitrogens with one attached hydrogen (secondary N) is 1. The molecule has 2 aromatic rings. The van der Waals surface area contributed by atoms with Crippen molar-refractivity contribution in [2.75, 3.05) is 32.0 Å². The summed E-state index contributed by atoms with van der Waals surface area (Å²) >= 11 is 0. The van der Waals surface area contributed by atoms with Gasteiger partial charge in [-0.1, -0.05) is 60.9 Å². The maximum atomic E-state index is 12.6. The van der Waals surface area contributed by atoms with Crippen LogP contribution in [0.15, 0.2) is 54.6 Å². The Balaban J connectivity index is 1.61.